The van der Waals surface area contributed by atoms with E-state index in [1.165, 1.54) is 5.56 Å². The molecule has 0 amide bonds. The van der Waals surface area contributed by atoms with Gasteiger partial charge in [0.05, 0.1) is 19.9 Å². The topological polar surface area (TPSA) is 47.3 Å². The number of benzene rings is 1. The highest BCUT2D eigenvalue weighted by Crippen LogP contribution is 2.20. The zero-order valence-electron chi connectivity index (χ0n) is 10.7. The van der Waals surface area contributed by atoms with E-state index in [0.717, 1.165) is 17.9 Å². The van der Waals surface area contributed by atoms with Gasteiger partial charge in [-0.05, 0) is 24.1 Å². The largest absolute Gasteiger partial charge is 0.497 e. The van der Waals surface area contributed by atoms with E-state index in [0.29, 0.717) is 12.6 Å². The first-order chi connectivity index (χ1) is 8.83. The average molecular weight is 246 g/mol. The highest BCUT2D eigenvalue weighted by Gasteiger charge is 2.09. The van der Waals surface area contributed by atoms with Crippen molar-refractivity contribution in [2.45, 2.75) is 25.9 Å². The third kappa shape index (κ3) is 3.11. The lowest BCUT2D eigenvalue weighted by atomic mass is 10.0. The van der Waals surface area contributed by atoms with E-state index in [-0.39, 0.29) is 0 Å². The number of rotatable bonds is 6. The molecule has 1 aromatic heterocycles. The van der Waals surface area contributed by atoms with Gasteiger partial charge in [0.25, 0.3) is 0 Å². The lowest BCUT2D eigenvalue weighted by molar-refractivity contribution is 0.361. The Bertz CT molecular complexity index is 451. The third-order valence-corrected chi connectivity index (χ3v) is 2.94. The molecule has 96 valence electrons. The van der Waals surface area contributed by atoms with Gasteiger partial charge in [0.1, 0.15) is 11.5 Å². The molecule has 18 heavy (non-hydrogen) atoms. The van der Waals surface area contributed by atoms with Crippen LogP contribution >= 0.6 is 0 Å². The molecule has 4 heteroatoms. The van der Waals surface area contributed by atoms with Crippen LogP contribution in [0.2, 0.25) is 0 Å². The van der Waals surface area contributed by atoms with Crippen molar-refractivity contribution < 1.29 is 9.26 Å². The summed E-state index contributed by atoms with van der Waals surface area (Å²) >= 11 is 0. The summed E-state index contributed by atoms with van der Waals surface area (Å²) in [6, 6.07) is 10.3. The van der Waals surface area contributed by atoms with Crippen LogP contribution in [-0.2, 0) is 6.54 Å². The molecule has 0 spiro atoms. The number of methoxy groups -OCH3 is 1. The van der Waals surface area contributed by atoms with Gasteiger partial charge in [0.15, 0.2) is 0 Å². The molecule has 0 aliphatic heterocycles. The van der Waals surface area contributed by atoms with Crippen molar-refractivity contribution in [2.24, 2.45) is 0 Å². The molecular weight excluding hydrogens is 228 g/mol. The Hall–Kier alpha value is -1.81. The first kappa shape index (κ1) is 12.6. The molecule has 0 aliphatic rings. The minimum Gasteiger partial charge on any atom is -0.497 e. The molecule has 0 saturated heterocycles. The van der Waals surface area contributed by atoms with Crippen molar-refractivity contribution in [2.75, 3.05) is 7.11 Å². The summed E-state index contributed by atoms with van der Waals surface area (Å²) in [4.78, 5) is 0. The van der Waals surface area contributed by atoms with Crippen molar-refractivity contribution in [1.82, 2.24) is 10.5 Å². The Balaban J connectivity index is 1.98. The van der Waals surface area contributed by atoms with Gasteiger partial charge in [0, 0.05) is 12.1 Å². The second-order valence-electron chi connectivity index (χ2n) is 4.09. The second-order valence-corrected chi connectivity index (χ2v) is 4.09. The summed E-state index contributed by atoms with van der Waals surface area (Å²) in [5.74, 6) is 1.73. The molecule has 0 saturated carbocycles. The monoisotopic (exact) mass is 246 g/mol. The number of aromatic nitrogens is 1. The van der Waals surface area contributed by atoms with Gasteiger partial charge in [-0.3, -0.25) is 0 Å². The van der Waals surface area contributed by atoms with E-state index in [2.05, 4.69) is 29.5 Å². The summed E-state index contributed by atoms with van der Waals surface area (Å²) in [5.41, 5.74) is 1.25. The van der Waals surface area contributed by atoms with Gasteiger partial charge >= 0.3 is 0 Å². The third-order valence-electron chi connectivity index (χ3n) is 2.94. The van der Waals surface area contributed by atoms with E-state index in [9.17, 15) is 0 Å². The fourth-order valence-corrected chi connectivity index (χ4v) is 1.89. The maximum atomic E-state index is 5.16. The Kier molecular flexibility index (Phi) is 4.36. The molecule has 0 radical (unpaired) electrons. The molecule has 1 N–H and O–H groups in total. The number of hydrogen-bond donors (Lipinski definition) is 1. The van der Waals surface area contributed by atoms with Crippen LogP contribution in [-0.4, -0.2) is 12.3 Å². The fourth-order valence-electron chi connectivity index (χ4n) is 1.89. The van der Waals surface area contributed by atoms with E-state index < -0.39 is 0 Å². The first-order valence-electron chi connectivity index (χ1n) is 6.10. The Labute approximate surface area is 107 Å². The maximum Gasteiger partial charge on any atom is 0.150 e. The van der Waals surface area contributed by atoms with Crippen LogP contribution in [0.5, 0.6) is 5.75 Å². The summed E-state index contributed by atoms with van der Waals surface area (Å²) in [6.45, 7) is 2.84. The van der Waals surface area contributed by atoms with Crippen LogP contribution < -0.4 is 10.1 Å². The van der Waals surface area contributed by atoms with E-state index in [4.69, 9.17) is 9.26 Å². The lowest BCUT2D eigenvalue weighted by Crippen LogP contribution is -2.19. The van der Waals surface area contributed by atoms with E-state index in [1.54, 1.807) is 13.3 Å². The van der Waals surface area contributed by atoms with Crippen LogP contribution in [0.1, 0.15) is 30.7 Å². The average Bonchev–Trinajstić information content (AvgIpc) is 2.93. The van der Waals surface area contributed by atoms with Crippen LogP contribution in [0.3, 0.4) is 0 Å². The zero-order valence-corrected chi connectivity index (χ0v) is 10.7. The van der Waals surface area contributed by atoms with Crippen molar-refractivity contribution in [1.29, 1.82) is 0 Å². The quantitative estimate of drug-likeness (QED) is 0.851. The second kappa shape index (κ2) is 6.21. The number of ether oxygens (including phenoxy) is 1. The smallest absolute Gasteiger partial charge is 0.150 e. The number of hydrogen-bond acceptors (Lipinski definition) is 4. The molecular formula is C14H18N2O2. The number of nitrogens with one attached hydrogen (secondary N) is 1. The minimum atomic E-state index is 0.306. The van der Waals surface area contributed by atoms with Crippen LogP contribution in [0.4, 0.5) is 0 Å². The molecule has 1 heterocycles. The van der Waals surface area contributed by atoms with E-state index >= 15 is 0 Å². The normalized spacial score (nSPS) is 12.3. The van der Waals surface area contributed by atoms with Crippen LogP contribution in [0, 0.1) is 0 Å². The standard InChI is InChI=1S/C14H18N2O2/c1-3-14(15-10-13-8-9-16-18-13)11-4-6-12(17-2)7-5-11/h4-9,14-15H,3,10H2,1-2H3. The molecule has 1 aromatic carbocycles. The van der Waals surface area contributed by atoms with Gasteiger partial charge in [0.2, 0.25) is 0 Å². The van der Waals surface area contributed by atoms with Gasteiger partial charge in [-0.2, -0.15) is 0 Å². The van der Waals surface area contributed by atoms with Gasteiger partial charge in [-0.25, -0.2) is 0 Å². The van der Waals surface area contributed by atoms with Crippen molar-refractivity contribution in [3.8, 4) is 5.75 Å². The van der Waals surface area contributed by atoms with Gasteiger partial charge in [-0.15, -0.1) is 0 Å². The van der Waals surface area contributed by atoms with Crippen LogP contribution in [0.15, 0.2) is 41.1 Å². The predicted octanol–water partition coefficient (Wildman–Crippen LogP) is 2.92. The summed E-state index contributed by atoms with van der Waals surface area (Å²) < 4.78 is 10.2. The minimum absolute atomic E-state index is 0.306. The fraction of sp³-hybridized carbons (Fsp3) is 0.357. The molecule has 2 aromatic rings. The molecule has 4 nitrogen and oxygen atoms in total. The van der Waals surface area contributed by atoms with Gasteiger partial charge in [-0.1, -0.05) is 24.2 Å². The Morgan fingerprint density at radius 2 is 2.06 bits per heavy atom. The molecule has 0 bridgehead atoms. The van der Waals surface area contributed by atoms with Crippen LogP contribution in [0.25, 0.3) is 0 Å². The zero-order chi connectivity index (χ0) is 12.8. The van der Waals surface area contributed by atoms with E-state index in [1.807, 2.05) is 18.2 Å². The summed E-state index contributed by atoms with van der Waals surface area (Å²) in [6.07, 6.45) is 2.67. The van der Waals surface area contributed by atoms with Crippen molar-refractivity contribution in [3.05, 3.63) is 47.9 Å². The molecule has 1 unspecified atom stereocenters. The number of nitrogens with zero attached hydrogens (tertiary/aromatic N) is 1. The lowest BCUT2D eigenvalue weighted by Gasteiger charge is -2.16. The summed E-state index contributed by atoms with van der Waals surface area (Å²) in [5, 5.41) is 7.14. The highest BCUT2D eigenvalue weighted by atomic mass is 16.5. The first-order valence-corrected chi connectivity index (χ1v) is 6.10. The van der Waals surface area contributed by atoms with Crippen molar-refractivity contribution >= 4 is 0 Å². The van der Waals surface area contributed by atoms with Gasteiger partial charge < -0.3 is 14.6 Å². The molecule has 2 rings (SSSR count). The highest BCUT2D eigenvalue weighted by molar-refractivity contribution is 5.29. The SMILES string of the molecule is CCC(NCc1ccno1)c1ccc(OC)cc1. The Morgan fingerprint density at radius 1 is 1.28 bits per heavy atom. The summed E-state index contributed by atoms with van der Waals surface area (Å²) in [7, 11) is 1.68. The molecule has 1 atom stereocenters. The molecule has 0 aliphatic carbocycles. The maximum absolute atomic E-state index is 5.16. The predicted molar refractivity (Wildman–Crippen MR) is 69.4 cm³/mol. The Morgan fingerprint density at radius 3 is 2.61 bits per heavy atom. The van der Waals surface area contributed by atoms with Crippen molar-refractivity contribution in [3.63, 3.8) is 0 Å². The molecule has 0 fully saturated rings.